The van der Waals surface area contributed by atoms with Crippen molar-refractivity contribution in [1.29, 1.82) is 0 Å². The predicted molar refractivity (Wildman–Crippen MR) is 225 cm³/mol. The van der Waals surface area contributed by atoms with Crippen LogP contribution in [0, 0.1) is 0 Å². The lowest BCUT2D eigenvalue weighted by Crippen LogP contribution is -2.09. The van der Waals surface area contributed by atoms with Gasteiger partial charge in [-0.05, 0) is 98.6 Å². The molecular weight excluding hydrogens is 657 g/mol. The van der Waals surface area contributed by atoms with Gasteiger partial charge in [0.25, 0.3) is 0 Å². The number of oxazole rings is 1. The highest BCUT2D eigenvalue weighted by molar-refractivity contribution is 6.10. The SMILES string of the molecule is c1ccc(-c2ccc(N(c3ccccc3)c3ccc(-c4ccc(-c5cc6ccccc6c6oc(-c7ccc8ccccc8c7)nc56)cc4)cc3)cc2)cc1. The highest BCUT2D eigenvalue weighted by Crippen LogP contribution is 2.40. The lowest BCUT2D eigenvalue weighted by atomic mass is 9.97. The van der Waals surface area contributed by atoms with E-state index in [2.05, 4.69) is 211 Å². The number of anilines is 3. The third-order valence-corrected chi connectivity index (χ3v) is 10.3. The van der Waals surface area contributed by atoms with Gasteiger partial charge in [-0.1, -0.05) is 152 Å². The van der Waals surface area contributed by atoms with Crippen LogP contribution >= 0.6 is 0 Å². The molecule has 254 valence electrons. The van der Waals surface area contributed by atoms with E-state index in [0.29, 0.717) is 5.89 Å². The zero-order chi connectivity index (χ0) is 35.8. The Balaban J connectivity index is 0.981. The van der Waals surface area contributed by atoms with Crippen molar-refractivity contribution in [3.8, 4) is 44.8 Å². The first-order valence-corrected chi connectivity index (χ1v) is 18.3. The van der Waals surface area contributed by atoms with Crippen LogP contribution in [0.25, 0.3) is 77.5 Å². The molecule has 0 bridgehead atoms. The second kappa shape index (κ2) is 13.4. The van der Waals surface area contributed by atoms with E-state index in [1.807, 2.05) is 0 Å². The Morgan fingerprint density at radius 3 is 1.50 bits per heavy atom. The number of fused-ring (bicyclic) bond motifs is 4. The minimum Gasteiger partial charge on any atom is -0.435 e. The van der Waals surface area contributed by atoms with Gasteiger partial charge < -0.3 is 9.32 Å². The van der Waals surface area contributed by atoms with Crippen LogP contribution in [0.1, 0.15) is 0 Å². The smallest absolute Gasteiger partial charge is 0.227 e. The van der Waals surface area contributed by atoms with Gasteiger partial charge in [0.15, 0.2) is 5.58 Å². The molecule has 0 radical (unpaired) electrons. The number of benzene rings is 9. The lowest BCUT2D eigenvalue weighted by Gasteiger charge is -2.26. The molecule has 1 aromatic heterocycles. The predicted octanol–water partition coefficient (Wildman–Crippen LogP) is 14.3. The molecule has 0 aliphatic heterocycles. The molecule has 1 heterocycles. The minimum atomic E-state index is 0.627. The number of rotatable bonds is 7. The number of nitrogens with zero attached hydrogens (tertiary/aromatic N) is 2. The fourth-order valence-electron chi connectivity index (χ4n) is 7.51. The maximum Gasteiger partial charge on any atom is 0.227 e. The summed E-state index contributed by atoms with van der Waals surface area (Å²) >= 11 is 0. The Labute approximate surface area is 314 Å². The fourth-order valence-corrected chi connectivity index (χ4v) is 7.51. The molecule has 0 saturated carbocycles. The number of para-hydroxylation sites is 1. The molecular formula is C51H34N2O. The van der Waals surface area contributed by atoms with Crippen molar-refractivity contribution in [2.75, 3.05) is 4.90 Å². The first-order chi connectivity index (χ1) is 26.7. The van der Waals surface area contributed by atoms with E-state index in [-0.39, 0.29) is 0 Å². The van der Waals surface area contributed by atoms with E-state index in [1.54, 1.807) is 0 Å². The molecule has 9 aromatic carbocycles. The second-order valence-corrected chi connectivity index (χ2v) is 13.6. The topological polar surface area (TPSA) is 29.3 Å². The third kappa shape index (κ3) is 5.78. The van der Waals surface area contributed by atoms with Gasteiger partial charge in [-0.2, -0.15) is 0 Å². The molecule has 10 rings (SSSR count). The van der Waals surface area contributed by atoms with Crippen molar-refractivity contribution in [3.05, 3.63) is 206 Å². The highest BCUT2D eigenvalue weighted by Gasteiger charge is 2.18. The molecule has 3 heteroatoms. The normalized spacial score (nSPS) is 11.3. The van der Waals surface area contributed by atoms with Gasteiger partial charge in [0.2, 0.25) is 5.89 Å². The first kappa shape index (κ1) is 31.5. The molecule has 0 unspecified atom stereocenters. The molecule has 0 amide bonds. The van der Waals surface area contributed by atoms with E-state index in [1.165, 1.54) is 16.5 Å². The Morgan fingerprint density at radius 1 is 0.352 bits per heavy atom. The molecule has 0 atom stereocenters. The van der Waals surface area contributed by atoms with Crippen molar-refractivity contribution in [1.82, 2.24) is 4.98 Å². The van der Waals surface area contributed by atoms with E-state index in [9.17, 15) is 0 Å². The van der Waals surface area contributed by atoms with Crippen molar-refractivity contribution in [3.63, 3.8) is 0 Å². The Morgan fingerprint density at radius 2 is 0.833 bits per heavy atom. The lowest BCUT2D eigenvalue weighted by molar-refractivity contribution is 0.623. The number of aromatic nitrogens is 1. The Hall–Kier alpha value is -7.23. The maximum atomic E-state index is 6.58. The van der Waals surface area contributed by atoms with Gasteiger partial charge in [0.05, 0.1) is 0 Å². The summed E-state index contributed by atoms with van der Waals surface area (Å²) in [6.45, 7) is 0. The highest BCUT2D eigenvalue weighted by atomic mass is 16.3. The van der Waals surface area contributed by atoms with Gasteiger partial charge in [-0.25, -0.2) is 4.98 Å². The summed E-state index contributed by atoms with van der Waals surface area (Å²) in [6, 6.07) is 72.8. The first-order valence-electron chi connectivity index (χ1n) is 18.3. The van der Waals surface area contributed by atoms with Gasteiger partial charge in [-0.3, -0.25) is 0 Å². The Bertz CT molecular complexity index is 2900. The summed E-state index contributed by atoms with van der Waals surface area (Å²) in [6.07, 6.45) is 0. The molecule has 0 aliphatic carbocycles. The van der Waals surface area contributed by atoms with Gasteiger partial charge in [0.1, 0.15) is 5.52 Å². The quantitative estimate of drug-likeness (QED) is 0.167. The van der Waals surface area contributed by atoms with Crippen LogP contribution in [0.15, 0.2) is 211 Å². The third-order valence-electron chi connectivity index (χ3n) is 10.3. The van der Waals surface area contributed by atoms with Crippen molar-refractivity contribution < 1.29 is 4.42 Å². The van der Waals surface area contributed by atoms with Crippen LogP contribution in [0.2, 0.25) is 0 Å². The largest absolute Gasteiger partial charge is 0.435 e. The van der Waals surface area contributed by atoms with Crippen molar-refractivity contribution in [2.45, 2.75) is 0 Å². The fraction of sp³-hybridized carbons (Fsp3) is 0. The molecule has 0 saturated heterocycles. The molecule has 54 heavy (non-hydrogen) atoms. The summed E-state index contributed by atoms with van der Waals surface area (Å²) in [5, 5.41) is 4.54. The summed E-state index contributed by atoms with van der Waals surface area (Å²) in [4.78, 5) is 7.42. The van der Waals surface area contributed by atoms with Gasteiger partial charge in [0, 0.05) is 33.6 Å². The molecule has 0 aliphatic rings. The van der Waals surface area contributed by atoms with E-state index in [0.717, 1.165) is 72.1 Å². The van der Waals surface area contributed by atoms with Crippen molar-refractivity contribution >= 4 is 49.7 Å². The minimum absolute atomic E-state index is 0.627. The molecule has 10 aromatic rings. The maximum absolute atomic E-state index is 6.58. The summed E-state index contributed by atoms with van der Waals surface area (Å²) in [5.74, 6) is 0.627. The molecule has 0 N–H and O–H groups in total. The standard InChI is InChI=1S/C51H34N2O/c1-3-11-35(12-4-1)38-25-29-45(30-26-38)53(44-16-5-2-6-17-44)46-31-27-39(28-32-46)37-19-22-40(23-20-37)48-34-42-15-9-10-18-47(42)50-49(48)52-51(54-50)43-24-21-36-13-7-8-14-41(36)33-43/h1-34H. The summed E-state index contributed by atoms with van der Waals surface area (Å²) < 4.78 is 6.58. The van der Waals surface area contributed by atoms with Crippen LogP contribution in [-0.2, 0) is 0 Å². The monoisotopic (exact) mass is 690 g/mol. The number of hydrogen-bond donors (Lipinski definition) is 0. The zero-order valence-electron chi connectivity index (χ0n) is 29.4. The molecule has 3 nitrogen and oxygen atoms in total. The Kier molecular flexibility index (Phi) is 7.81. The second-order valence-electron chi connectivity index (χ2n) is 13.6. The average molecular weight is 691 g/mol. The van der Waals surface area contributed by atoms with Crippen LogP contribution < -0.4 is 4.90 Å². The van der Waals surface area contributed by atoms with Gasteiger partial charge in [-0.15, -0.1) is 0 Å². The van der Waals surface area contributed by atoms with E-state index in [4.69, 9.17) is 9.40 Å². The van der Waals surface area contributed by atoms with E-state index < -0.39 is 0 Å². The van der Waals surface area contributed by atoms with Gasteiger partial charge >= 0.3 is 0 Å². The van der Waals surface area contributed by atoms with Crippen LogP contribution in [0.5, 0.6) is 0 Å². The molecule has 0 fully saturated rings. The molecule has 0 spiro atoms. The van der Waals surface area contributed by atoms with E-state index >= 15 is 0 Å². The van der Waals surface area contributed by atoms with Crippen molar-refractivity contribution in [2.24, 2.45) is 0 Å². The zero-order valence-corrected chi connectivity index (χ0v) is 29.4. The number of hydrogen-bond acceptors (Lipinski definition) is 3. The van der Waals surface area contributed by atoms with Crippen LogP contribution in [0.4, 0.5) is 17.1 Å². The van der Waals surface area contributed by atoms with Crippen LogP contribution in [-0.4, -0.2) is 4.98 Å². The summed E-state index contributed by atoms with van der Waals surface area (Å²) in [7, 11) is 0. The van der Waals surface area contributed by atoms with Crippen LogP contribution in [0.3, 0.4) is 0 Å². The summed E-state index contributed by atoms with van der Waals surface area (Å²) in [5.41, 5.74) is 12.8. The average Bonchev–Trinajstić information content (AvgIpc) is 3.71.